The van der Waals surface area contributed by atoms with Crippen LogP contribution in [0.2, 0.25) is 0 Å². The van der Waals surface area contributed by atoms with Crippen LogP contribution in [0.5, 0.6) is 0 Å². The van der Waals surface area contributed by atoms with Gasteiger partial charge in [-0.05, 0) is 6.92 Å². The Labute approximate surface area is 35.2 Å². The van der Waals surface area contributed by atoms with Crippen LogP contribution in [0.4, 0.5) is 0 Å². The van der Waals surface area contributed by atoms with E-state index < -0.39 is 0 Å². The molecule has 0 saturated heterocycles. The quantitative estimate of drug-likeness (QED) is 0.319. The molecular weight excluding hydrogens is 80.1 g/mol. The summed E-state index contributed by atoms with van der Waals surface area (Å²) in [5.74, 6) is 0. The molecule has 0 unspecified atom stereocenters. The van der Waals surface area contributed by atoms with E-state index in [-0.39, 0.29) is 0 Å². The van der Waals surface area contributed by atoms with E-state index in [0.717, 1.165) is 10.5 Å². The van der Waals surface area contributed by atoms with Gasteiger partial charge in [-0.25, -0.2) is 0 Å². The Morgan fingerprint density at radius 3 is 2.40 bits per heavy atom. The van der Waals surface area contributed by atoms with Crippen molar-refractivity contribution >= 4 is 10.5 Å². The van der Waals surface area contributed by atoms with Crippen molar-refractivity contribution in [1.82, 2.24) is 0 Å². The second-order valence-corrected chi connectivity index (χ2v) is 1.18. The number of hydrogen-bond acceptors (Lipinski definition) is 1. The molecule has 5 heavy (non-hydrogen) atoms. The molecule has 0 radical (unpaired) electrons. The predicted octanol–water partition coefficient (Wildman–Crippen LogP) is -0.183. The monoisotopic (exact) mass is 88.0 g/mol. The van der Waals surface area contributed by atoms with Crippen molar-refractivity contribution in [3.63, 3.8) is 0 Å². The molecule has 0 heterocycles. The summed E-state index contributed by atoms with van der Waals surface area (Å²) in [7, 11) is 0.812. The van der Waals surface area contributed by atoms with Crippen molar-refractivity contribution in [2.45, 2.75) is 6.92 Å². The molecule has 0 spiro atoms. The number of rotatable bonds is 1. The summed E-state index contributed by atoms with van der Waals surface area (Å²) < 4.78 is 4.65. The fourth-order valence-electron chi connectivity index (χ4n) is 0.136. The van der Waals surface area contributed by atoms with Crippen LogP contribution in [0.3, 0.4) is 0 Å². The van der Waals surface area contributed by atoms with E-state index in [2.05, 4.69) is 4.43 Å². The Morgan fingerprint density at radius 1 is 1.80 bits per heavy atom. The lowest BCUT2D eigenvalue weighted by atomic mass is 10.8. The molecule has 0 N–H and O–H groups in total. The summed E-state index contributed by atoms with van der Waals surface area (Å²) in [6.45, 7) is 1.93. The van der Waals surface area contributed by atoms with Gasteiger partial charge in [0, 0.05) is 0 Å². The lowest BCUT2D eigenvalue weighted by Crippen LogP contribution is -1.62. The van der Waals surface area contributed by atoms with Gasteiger partial charge in [-0.3, -0.25) is 0 Å². The molecular formula is C3H8OSi. The van der Waals surface area contributed by atoms with E-state index in [0.29, 0.717) is 0 Å². The molecule has 0 aliphatic heterocycles. The zero-order valence-corrected chi connectivity index (χ0v) is 5.56. The minimum absolute atomic E-state index is 0.812. The topological polar surface area (TPSA) is 9.23 Å². The van der Waals surface area contributed by atoms with Crippen molar-refractivity contribution in [3.8, 4) is 0 Å². The summed E-state index contributed by atoms with van der Waals surface area (Å²) in [6.07, 6.45) is 3.55. The van der Waals surface area contributed by atoms with Crippen molar-refractivity contribution in [2.24, 2.45) is 0 Å². The summed E-state index contributed by atoms with van der Waals surface area (Å²) in [5, 5.41) is 0. The van der Waals surface area contributed by atoms with Crippen molar-refractivity contribution in [3.05, 3.63) is 12.3 Å². The first-order valence-corrected chi connectivity index (χ1v) is 2.37. The normalized spacial score (nSPS) is 9.80. The highest BCUT2D eigenvalue weighted by atomic mass is 28.2. The van der Waals surface area contributed by atoms with E-state index in [1.54, 1.807) is 6.26 Å². The van der Waals surface area contributed by atoms with Crippen LogP contribution >= 0.6 is 0 Å². The first kappa shape index (κ1) is 4.76. The molecule has 0 bridgehead atoms. The summed E-state index contributed by atoms with van der Waals surface area (Å²) >= 11 is 0. The van der Waals surface area contributed by atoms with Gasteiger partial charge < -0.3 is 4.43 Å². The van der Waals surface area contributed by atoms with Crippen LogP contribution in [-0.4, -0.2) is 10.5 Å². The maximum atomic E-state index is 4.65. The molecule has 2 heteroatoms. The molecule has 0 amide bonds. The van der Waals surface area contributed by atoms with Gasteiger partial charge in [-0.2, -0.15) is 0 Å². The van der Waals surface area contributed by atoms with E-state index >= 15 is 0 Å². The molecule has 0 atom stereocenters. The van der Waals surface area contributed by atoms with Gasteiger partial charge in [0.2, 0.25) is 10.5 Å². The van der Waals surface area contributed by atoms with Crippen LogP contribution in [-0.2, 0) is 4.43 Å². The fraction of sp³-hybridized carbons (Fsp3) is 0.333. The van der Waals surface area contributed by atoms with Crippen LogP contribution < -0.4 is 0 Å². The van der Waals surface area contributed by atoms with Crippen LogP contribution in [0.15, 0.2) is 12.3 Å². The van der Waals surface area contributed by atoms with Gasteiger partial charge in [0.25, 0.3) is 0 Å². The summed E-state index contributed by atoms with van der Waals surface area (Å²) in [4.78, 5) is 0. The third kappa shape index (κ3) is 3.76. The minimum atomic E-state index is 0.812. The molecule has 0 saturated carbocycles. The van der Waals surface area contributed by atoms with E-state index in [1.165, 1.54) is 0 Å². The van der Waals surface area contributed by atoms with Crippen LogP contribution in [0.1, 0.15) is 6.92 Å². The van der Waals surface area contributed by atoms with Crippen molar-refractivity contribution in [2.75, 3.05) is 0 Å². The molecule has 0 aromatic heterocycles. The van der Waals surface area contributed by atoms with Gasteiger partial charge in [-0.15, -0.1) is 0 Å². The molecule has 1 nitrogen and oxygen atoms in total. The Morgan fingerprint density at radius 2 is 2.40 bits per heavy atom. The smallest absolute Gasteiger partial charge is 0.203 e. The lowest BCUT2D eigenvalue weighted by molar-refractivity contribution is 0.534. The fourth-order valence-corrected chi connectivity index (χ4v) is 0.408. The Hall–Kier alpha value is -0.243. The van der Waals surface area contributed by atoms with Gasteiger partial charge >= 0.3 is 0 Å². The molecule has 0 rings (SSSR count). The standard InChI is InChI=1S/C3H8OSi/c1-2-3-4-5/h2-3H,1,5H3/b3-2-. The molecule has 0 aliphatic rings. The molecule has 30 valence electrons. The minimum Gasteiger partial charge on any atom is -0.559 e. The summed E-state index contributed by atoms with van der Waals surface area (Å²) in [6, 6.07) is 0. The van der Waals surface area contributed by atoms with E-state index in [9.17, 15) is 0 Å². The van der Waals surface area contributed by atoms with Crippen LogP contribution in [0, 0.1) is 0 Å². The third-order valence-electron chi connectivity index (χ3n) is 0.272. The second kappa shape index (κ2) is 3.76. The van der Waals surface area contributed by atoms with Crippen molar-refractivity contribution in [1.29, 1.82) is 0 Å². The van der Waals surface area contributed by atoms with Gasteiger partial charge in [0.15, 0.2) is 0 Å². The maximum Gasteiger partial charge on any atom is 0.203 e. The first-order chi connectivity index (χ1) is 2.41. The predicted molar refractivity (Wildman–Crippen MR) is 25.8 cm³/mol. The zero-order valence-electron chi connectivity index (χ0n) is 3.56. The Kier molecular flexibility index (Phi) is 3.57. The molecule has 0 aromatic rings. The van der Waals surface area contributed by atoms with Crippen LogP contribution in [0.25, 0.3) is 0 Å². The number of hydrogen-bond donors (Lipinski definition) is 0. The van der Waals surface area contributed by atoms with E-state index in [1.807, 2.05) is 13.0 Å². The average Bonchev–Trinajstić information content (AvgIpc) is 1.41. The second-order valence-electron chi connectivity index (χ2n) is 0.705. The number of allylic oxidation sites excluding steroid dienone is 1. The molecule has 0 aromatic carbocycles. The molecule has 0 aliphatic carbocycles. The average molecular weight is 88.2 g/mol. The van der Waals surface area contributed by atoms with Gasteiger partial charge in [0.05, 0.1) is 6.26 Å². The van der Waals surface area contributed by atoms with Crippen molar-refractivity contribution < 1.29 is 4.43 Å². The van der Waals surface area contributed by atoms with Gasteiger partial charge in [-0.1, -0.05) is 6.08 Å². The first-order valence-electron chi connectivity index (χ1n) is 1.55. The van der Waals surface area contributed by atoms with E-state index in [4.69, 9.17) is 0 Å². The zero-order chi connectivity index (χ0) is 4.12. The highest BCUT2D eigenvalue weighted by Gasteiger charge is 1.46. The Balaban J connectivity index is 2.62. The third-order valence-corrected chi connectivity index (χ3v) is 0.544. The van der Waals surface area contributed by atoms with Gasteiger partial charge in [0.1, 0.15) is 0 Å². The summed E-state index contributed by atoms with van der Waals surface area (Å²) in [5.41, 5.74) is 0. The lowest BCUT2D eigenvalue weighted by Gasteiger charge is -1.78. The molecule has 0 fully saturated rings. The maximum absolute atomic E-state index is 4.65. The highest BCUT2D eigenvalue weighted by Crippen LogP contribution is 1.63. The largest absolute Gasteiger partial charge is 0.559 e. The Bertz CT molecular complexity index is 33.9. The SMILES string of the molecule is C/C=C\O[SiH3]. The highest BCUT2D eigenvalue weighted by molar-refractivity contribution is 5.98.